The van der Waals surface area contributed by atoms with Gasteiger partial charge in [-0.05, 0) is 55.5 Å². The van der Waals surface area contributed by atoms with Gasteiger partial charge in [0.25, 0.3) is 0 Å². The minimum atomic E-state index is -0.169. The molecule has 2 aromatic carbocycles. The van der Waals surface area contributed by atoms with E-state index >= 15 is 0 Å². The quantitative estimate of drug-likeness (QED) is 0.437. The number of thioether (sulfide) groups is 1. The molecule has 3 N–H and O–H groups in total. The molecule has 23 heavy (non-hydrogen) atoms. The smallest absolute Gasteiger partial charge is 0.248 e. The number of benzene rings is 2. The highest BCUT2D eigenvalue weighted by Crippen LogP contribution is 2.19. The maximum Gasteiger partial charge on any atom is 0.248 e. The van der Waals surface area contributed by atoms with E-state index in [-0.39, 0.29) is 11.7 Å². The van der Waals surface area contributed by atoms with E-state index in [1.807, 2.05) is 43.3 Å². The summed E-state index contributed by atoms with van der Waals surface area (Å²) in [5, 5.41) is 3.99. The molecule has 2 rings (SSSR count). The van der Waals surface area contributed by atoms with Gasteiger partial charge in [-0.15, -0.1) is 11.8 Å². The fourth-order valence-corrected chi connectivity index (χ4v) is 2.63. The zero-order valence-electron chi connectivity index (χ0n) is 12.4. The van der Waals surface area contributed by atoms with Crippen molar-refractivity contribution in [2.45, 2.75) is 11.8 Å². The van der Waals surface area contributed by atoms with E-state index in [1.165, 1.54) is 17.3 Å². The van der Waals surface area contributed by atoms with Crippen LogP contribution in [-0.2, 0) is 4.79 Å². The molecule has 120 valence electrons. The molecule has 0 heterocycles. The van der Waals surface area contributed by atoms with Gasteiger partial charge in [0, 0.05) is 15.6 Å². The second-order valence-electron chi connectivity index (χ2n) is 4.74. The summed E-state index contributed by atoms with van der Waals surface area (Å²) in [7, 11) is 0. The third-order valence-corrected chi connectivity index (χ3v) is 4.28. The lowest BCUT2D eigenvalue weighted by molar-refractivity contribution is -0.119. The number of hydrogen-bond acceptors (Lipinski definition) is 3. The Bertz CT molecular complexity index is 675. The Kier molecular flexibility index (Phi) is 6.70. The molecule has 0 aliphatic rings. The summed E-state index contributed by atoms with van der Waals surface area (Å²) in [6.45, 7) is 2.01. The maximum atomic E-state index is 11.8. The summed E-state index contributed by atoms with van der Waals surface area (Å²) < 4.78 is 0. The second kappa shape index (κ2) is 8.76. The Labute approximate surface area is 150 Å². The van der Waals surface area contributed by atoms with E-state index in [9.17, 15) is 4.79 Å². The third kappa shape index (κ3) is 6.48. The number of hydrogen-bond donors (Lipinski definition) is 3. The molecule has 4 nitrogen and oxygen atoms in total. The van der Waals surface area contributed by atoms with E-state index in [4.69, 9.17) is 23.8 Å². The van der Waals surface area contributed by atoms with Gasteiger partial charge in [0.1, 0.15) is 0 Å². The molecule has 0 aliphatic carbocycles. The molecule has 0 fully saturated rings. The van der Waals surface area contributed by atoms with Crippen molar-refractivity contribution in [1.29, 1.82) is 0 Å². The average Bonchev–Trinajstić information content (AvgIpc) is 2.54. The molecular weight excluding hydrogens is 350 g/mol. The Balaban J connectivity index is 1.70. The van der Waals surface area contributed by atoms with Gasteiger partial charge in [0.2, 0.25) is 5.91 Å². The Hall–Kier alpha value is -1.76. The summed E-state index contributed by atoms with van der Waals surface area (Å²) >= 11 is 12.4. The van der Waals surface area contributed by atoms with Crippen LogP contribution in [0.3, 0.4) is 0 Å². The Morgan fingerprint density at radius 1 is 1.09 bits per heavy atom. The SMILES string of the molecule is Cc1ccc(NC(=S)NNC(=O)CSc2ccc(Cl)cc2)cc1. The molecule has 0 spiro atoms. The first-order valence-electron chi connectivity index (χ1n) is 6.84. The third-order valence-electron chi connectivity index (χ3n) is 2.81. The molecule has 0 saturated carbocycles. The van der Waals surface area contributed by atoms with Gasteiger partial charge < -0.3 is 5.32 Å². The maximum absolute atomic E-state index is 11.8. The van der Waals surface area contributed by atoms with Gasteiger partial charge in [-0.2, -0.15) is 0 Å². The molecule has 0 aromatic heterocycles. The number of carbonyl (C=O) groups is 1. The van der Waals surface area contributed by atoms with Crippen LogP contribution in [0.2, 0.25) is 5.02 Å². The zero-order valence-corrected chi connectivity index (χ0v) is 14.8. The predicted molar refractivity (Wildman–Crippen MR) is 101 cm³/mol. The first-order chi connectivity index (χ1) is 11.0. The van der Waals surface area contributed by atoms with Gasteiger partial charge in [-0.1, -0.05) is 29.3 Å². The minimum Gasteiger partial charge on any atom is -0.331 e. The van der Waals surface area contributed by atoms with Crippen LogP contribution in [0, 0.1) is 6.92 Å². The highest BCUT2D eigenvalue weighted by Gasteiger charge is 2.04. The lowest BCUT2D eigenvalue weighted by Crippen LogP contribution is -2.44. The molecule has 0 aliphatic heterocycles. The van der Waals surface area contributed by atoms with Crippen molar-refractivity contribution in [2.75, 3.05) is 11.1 Å². The number of hydrazine groups is 1. The fourth-order valence-electron chi connectivity index (χ4n) is 1.64. The number of aryl methyl sites for hydroxylation is 1. The first-order valence-corrected chi connectivity index (χ1v) is 8.61. The Morgan fingerprint density at radius 3 is 2.39 bits per heavy atom. The minimum absolute atomic E-state index is 0.169. The van der Waals surface area contributed by atoms with Gasteiger partial charge >= 0.3 is 0 Å². The number of thiocarbonyl (C=S) groups is 1. The van der Waals surface area contributed by atoms with E-state index < -0.39 is 0 Å². The number of carbonyl (C=O) groups excluding carboxylic acids is 1. The molecule has 7 heteroatoms. The Morgan fingerprint density at radius 2 is 1.74 bits per heavy atom. The number of nitrogens with one attached hydrogen (secondary N) is 3. The summed E-state index contributed by atoms with van der Waals surface area (Å²) in [5.74, 6) is 0.111. The van der Waals surface area contributed by atoms with Crippen LogP contribution in [0.5, 0.6) is 0 Å². The van der Waals surface area contributed by atoms with Crippen LogP contribution in [0.4, 0.5) is 5.69 Å². The molecular formula is C16H16ClN3OS2. The van der Waals surface area contributed by atoms with E-state index in [0.29, 0.717) is 10.1 Å². The lowest BCUT2D eigenvalue weighted by Gasteiger charge is -2.11. The second-order valence-corrected chi connectivity index (χ2v) is 6.63. The lowest BCUT2D eigenvalue weighted by atomic mass is 10.2. The average molecular weight is 366 g/mol. The summed E-state index contributed by atoms with van der Waals surface area (Å²) in [6, 6.07) is 15.1. The summed E-state index contributed by atoms with van der Waals surface area (Å²) in [5.41, 5.74) is 7.26. The van der Waals surface area contributed by atoms with E-state index in [2.05, 4.69) is 16.2 Å². The number of halogens is 1. The molecule has 0 atom stereocenters. The highest BCUT2D eigenvalue weighted by atomic mass is 35.5. The van der Waals surface area contributed by atoms with E-state index in [1.54, 1.807) is 12.1 Å². The zero-order chi connectivity index (χ0) is 16.7. The molecule has 0 bridgehead atoms. The van der Waals surface area contributed by atoms with E-state index in [0.717, 1.165) is 10.6 Å². The molecule has 0 radical (unpaired) electrons. The number of rotatable bonds is 4. The van der Waals surface area contributed by atoms with Crippen LogP contribution in [0.25, 0.3) is 0 Å². The van der Waals surface area contributed by atoms with Gasteiger partial charge in [-0.3, -0.25) is 15.6 Å². The van der Waals surface area contributed by atoms with Crippen LogP contribution in [-0.4, -0.2) is 16.8 Å². The van der Waals surface area contributed by atoms with Crippen LogP contribution >= 0.6 is 35.6 Å². The largest absolute Gasteiger partial charge is 0.331 e. The standard InChI is InChI=1S/C16H16ClN3OS2/c1-11-2-6-13(7-3-11)18-16(22)20-19-15(21)10-23-14-8-4-12(17)5-9-14/h2-9H,10H2,1H3,(H,19,21)(H2,18,20,22). The molecule has 1 amide bonds. The first kappa shape index (κ1) is 17.6. The van der Waals surface area contributed by atoms with Crippen molar-refractivity contribution >= 4 is 52.3 Å². The van der Waals surface area contributed by atoms with Crippen LogP contribution in [0.1, 0.15) is 5.56 Å². The summed E-state index contributed by atoms with van der Waals surface area (Å²) in [4.78, 5) is 12.8. The predicted octanol–water partition coefficient (Wildman–Crippen LogP) is 3.76. The van der Waals surface area contributed by atoms with Crippen molar-refractivity contribution in [3.05, 3.63) is 59.1 Å². The highest BCUT2D eigenvalue weighted by molar-refractivity contribution is 8.00. The van der Waals surface area contributed by atoms with Crippen LogP contribution < -0.4 is 16.2 Å². The number of anilines is 1. The summed E-state index contributed by atoms with van der Waals surface area (Å²) in [6.07, 6.45) is 0. The van der Waals surface area contributed by atoms with Crippen molar-refractivity contribution in [3.8, 4) is 0 Å². The van der Waals surface area contributed by atoms with Crippen molar-refractivity contribution in [1.82, 2.24) is 10.9 Å². The van der Waals surface area contributed by atoms with Crippen molar-refractivity contribution in [2.24, 2.45) is 0 Å². The number of amides is 1. The monoisotopic (exact) mass is 365 g/mol. The van der Waals surface area contributed by atoms with Gasteiger partial charge in [0.15, 0.2) is 5.11 Å². The van der Waals surface area contributed by atoms with Gasteiger partial charge in [0.05, 0.1) is 5.75 Å². The van der Waals surface area contributed by atoms with Crippen molar-refractivity contribution in [3.63, 3.8) is 0 Å². The normalized spacial score (nSPS) is 10.0. The molecule has 0 saturated heterocycles. The molecule has 0 unspecified atom stereocenters. The molecule has 2 aromatic rings. The van der Waals surface area contributed by atoms with Crippen molar-refractivity contribution < 1.29 is 4.79 Å². The fraction of sp³-hybridized carbons (Fsp3) is 0.125. The van der Waals surface area contributed by atoms with Crippen LogP contribution in [0.15, 0.2) is 53.4 Å². The van der Waals surface area contributed by atoms with Gasteiger partial charge in [-0.25, -0.2) is 0 Å². The topological polar surface area (TPSA) is 53.2 Å².